The molecule has 0 aromatic rings. The molecule has 1 nitrogen and oxygen atoms in total. The lowest BCUT2D eigenvalue weighted by molar-refractivity contribution is 0.382. The lowest BCUT2D eigenvalue weighted by atomic mass is 9.88. The number of rotatable bonds is 34. The van der Waals surface area contributed by atoms with Crippen LogP contribution in [0.3, 0.4) is 0 Å². The molecule has 0 spiro atoms. The smallest absolute Gasteiger partial charge is 0.00218 e. The van der Waals surface area contributed by atoms with Crippen LogP contribution in [0.1, 0.15) is 187 Å². The summed E-state index contributed by atoms with van der Waals surface area (Å²) in [4.78, 5) is 2.30. The zero-order valence-corrected chi connectivity index (χ0v) is 30.6. The molecule has 44 heavy (non-hydrogen) atoms. The maximum Gasteiger partial charge on any atom is -0.00218 e. The summed E-state index contributed by atoms with van der Waals surface area (Å²) < 4.78 is 0. The minimum atomic E-state index is 0.864. The van der Waals surface area contributed by atoms with Crippen LogP contribution in [-0.4, -0.2) is 25.5 Å². The van der Waals surface area contributed by atoms with Gasteiger partial charge in [0.15, 0.2) is 0 Å². The largest absolute Gasteiger partial charge is 0.309 e. The average molecular weight is 610 g/mol. The molecule has 1 heteroatoms. The van der Waals surface area contributed by atoms with Crippen LogP contribution >= 0.6 is 0 Å². The molecule has 0 heterocycles. The van der Waals surface area contributed by atoms with Gasteiger partial charge in [0.25, 0.3) is 0 Å². The fourth-order valence-electron chi connectivity index (χ4n) is 6.00. The SMILES string of the molecule is C=C(CCCN(C)C)CC(CCCCCCCC/C=C\C/C=C\CCCCC)CCCCCCCC/C=C/C=C/CCCC. The molecule has 0 rings (SSSR count). The molecule has 0 radical (unpaired) electrons. The molecule has 1 atom stereocenters. The molecule has 256 valence electrons. The third-order valence-electron chi connectivity index (χ3n) is 8.87. The minimum Gasteiger partial charge on any atom is -0.309 e. The summed E-state index contributed by atoms with van der Waals surface area (Å²) >= 11 is 0. The topological polar surface area (TPSA) is 3.24 Å². The van der Waals surface area contributed by atoms with Crippen LogP contribution in [0, 0.1) is 5.92 Å². The monoisotopic (exact) mass is 610 g/mol. The van der Waals surface area contributed by atoms with E-state index < -0.39 is 0 Å². The predicted molar refractivity (Wildman–Crippen MR) is 204 cm³/mol. The molecular weight excluding hydrogens is 530 g/mol. The molecule has 0 saturated carbocycles. The van der Waals surface area contributed by atoms with Gasteiger partial charge < -0.3 is 4.90 Å². The second-order valence-electron chi connectivity index (χ2n) is 13.8. The third kappa shape index (κ3) is 35.1. The molecule has 0 aromatic heterocycles. The van der Waals surface area contributed by atoms with Crippen molar-refractivity contribution < 1.29 is 0 Å². The van der Waals surface area contributed by atoms with Gasteiger partial charge in [-0.15, -0.1) is 0 Å². The first kappa shape index (κ1) is 42.7. The zero-order valence-electron chi connectivity index (χ0n) is 30.6. The average Bonchev–Trinajstić information content (AvgIpc) is 3.00. The van der Waals surface area contributed by atoms with Crippen LogP contribution in [0.25, 0.3) is 0 Å². The summed E-state index contributed by atoms with van der Waals surface area (Å²) in [5.74, 6) is 0.864. The second-order valence-corrected chi connectivity index (χ2v) is 13.8. The first-order valence-corrected chi connectivity index (χ1v) is 19.5. The van der Waals surface area contributed by atoms with Crippen molar-refractivity contribution in [1.82, 2.24) is 4.90 Å². The molecule has 0 saturated heterocycles. The van der Waals surface area contributed by atoms with Crippen molar-refractivity contribution in [1.29, 1.82) is 0 Å². The molecule has 0 amide bonds. The summed E-state index contributed by atoms with van der Waals surface area (Å²) in [6, 6.07) is 0. The summed E-state index contributed by atoms with van der Waals surface area (Å²) in [5.41, 5.74) is 1.50. The van der Waals surface area contributed by atoms with Gasteiger partial charge in [0.05, 0.1) is 0 Å². The van der Waals surface area contributed by atoms with Gasteiger partial charge in [-0.25, -0.2) is 0 Å². The standard InChI is InChI=1S/C43H79N/c1-6-8-10-12-14-16-18-20-22-23-25-27-29-31-33-35-39-43(41-42(3)37-36-40-44(4)5)38-34-32-30-28-26-24-21-19-17-15-13-11-9-7-2/h13-17,19-20,22,43H,3,6-12,18,21,23-41H2,1-2,4-5H3/b15-13+,16-14-,19-17+,22-20-. The second kappa shape index (κ2) is 36.1. The molecule has 0 aliphatic carbocycles. The van der Waals surface area contributed by atoms with E-state index in [2.05, 4.69) is 88.0 Å². The Kier molecular flexibility index (Phi) is 35.0. The van der Waals surface area contributed by atoms with Crippen molar-refractivity contribution in [3.63, 3.8) is 0 Å². The van der Waals surface area contributed by atoms with E-state index >= 15 is 0 Å². The Morgan fingerprint density at radius 3 is 1.50 bits per heavy atom. The number of unbranched alkanes of at least 4 members (excludes halogenated alkanes) is 17. The van der Waals surface area contributed by atoms with E-state index in [1.807, 2.05) is 0 Å². The fraction of sp³-hybridized carbons (Fsp3) is 0.767. The molecule has 0 bridgehead atoms. The highest BCUT2D eigenvalue weighted by Crippen LogP contribution is 2.26. The summed E-state index contributed by atoms with van der Waals surface area (Å²) in [7, 11) is 4.36. The van der Waals surface area contributed by atoms with Crippen molar-refractivity contribution in [2.24, 2.45) is 5.92 Å². The highest BCUT2D eigenvalue weighted by Gasteiger charge is 2.11. The lowest BCUT2D eigenvalue weighted by Crippen LogP contribution is -2.13. The molecule has 1 unspecified atom stereocenters. The fourth-order valence-corrected chi connectivity index (χ4v) is 6.00. The summed E-state index contributed by atoms with van der Waals surface area (Å²) in [6.45, 7) is 10.2. The molecular formula is C43H79N. The Morgan fingerprint density at radius 2 is 0.977 bits per heavy atom. The van der Waals surface area contributed by atoms with E-state index in [0.717, 1.165) is 12.3 Å². The van der Waals surface area contributed by atoms with Crippen molar-refractivity contribution in [2.45, 2.75) is 187 Å². The van der Waals surface area contributed by atoms with E-state index in [4.69, 9.17) is 0 Å². The molecule has 0 fully saturated rings. The number of nitrogens with zero attached hydrogens (tertiary/aromatic N) is 1. The molecule has 0 aromatic carbocycles. The van der Waals surface area contributed by atoms with Crippen LogP contribution < -0.4 is 0 Å². The minimum absolute atomic E-state index is 0.864. The molecule has 0 N–H and O–H groups in total. The van der Waals surface area contributed by atoms with Crippen molar-refractivity contribution in [3.8, 4) is 0 Å². The van der Waals surface area contributed by atoms with Crippen LogP contribution in [0.15, 0.2) is 60.8 Å². The Hall–Kier alpha value is -1.34. The quantitative estimate of drug-likeness (QED) is 0.0398. The highest BCUT2D eigenvalue weighted by atomic mass is 15.0. The lowest BCUT2D eigenvalue weighted by Gasteiger charge is -2.19. The number of hydrogen-bond acceptors (Lipinski definition) is 1. The van der Waals surface area contributed by atoms with Gasteiger partial charge in [-0.3, -0.25) is 0 Å². The van der Waals surface area contributed by atoms with Gasteiger partial charge >= 0.3 is 0 Å². The summed E-state index contributed by atoms with van der Waals surface area (Å²) in [5, 5.41) is 0. The number of hydrogen-bond donors (Lipinski definition) is 0. The zero-order chi connectivity index (χ0) is 32.2. The first-order valence-electron chi connectivity index (χ1n) is 19.5. The molecule has 0 aliphatic heterocycles. The van der Waals surface area contributed by atoms with Crippen LogP contribution in [-0.2, 0) is 0 Å². The van der Waals surface area contributed by atoms with Gasteiger partial charge in [0.1, 0.15) is 0 Å². The molecule has 0 aliphatic rings. The van der Waals surface area contributed by atoms with E-state index in [1.54, 1.807) is 0 Å². The Morgan fingerprint density at radius 1 is 0.523 bits per heavy atom. The van der Waals surface area contributed by atoms with Gasteiger partial charge in [-0.1, -0.05) is 177 Å². The normalized spacial score (nSPS) is 13.1. The Balaban J connectivity index is 4.03. The van der Waals surface area contributed by atoms with Crippen molar-refractivity contribution in [3.05, 3.63) is 60.8 Å². The van der Waals surface area contributed by atoms with E-state index in [-0.39, 0.29) is 0 Å². The van der Waals surface area contributed by atoms with E-state index in [1.165, 1.54) is 179 Å². The van der Waals surface area contributed by atoms with Crippen molar-refractivity contribution >= 4 is 0 Å². The van der Waals surface area contributed by atoms with E-state index in [0.29, 0.717) is 0 Å². The first-order chi connectivity index (χ1) is 21.6. The maximum absolute atomic E-state index is 4.50. The van der Waals surface area contributed by atoms with Gasteiger partial charge in [-0.05, 0) is 97.2 Å². The third-order valence-corrected chi connectivity index (χ3v) is 8.87. The van der Waals surface area contributed by atoms with Crippen LogP contribution in [0.5, 0.6) is 0 Å². The highest BCUT2D eigenvalue weighted by molar-refractivity contribution is 5.02. The maximum atomic E-state index is 4.50. The van der Waals surface area contributed by atoms with Gasteiger partial charge in [0.2, 0.25) is 0 Å². The summed E-state index contributed by atoms with van der Waals surface area (Å²) in [6.07, 6.45) is 54.8. The van der Waals surface area contributed by atoms with E-state index in [9.17, 15) is 0 Å². The van der Waals surface area contributed by atoms with Gasteiger partial charge in [-0.2, -0.15) is 0 Å². The van der Waals surface area contributed by atoms with Crippen LogP contribution in [0.2, 0.25) is 0 Å². The number of allylic oxidation sites excluding steroid dienone is 9. The van der Waals surface area contributed by atoms with Gasteiger partial charge in [0, 0.05) is 0 Å². The van der Waals surface area contributed by atoms with Crippen LogP contribution in [0.4, 0.5) is 0 Å². The Labute approximate surface area is 278 Å². The Bertz CT molecular complexity index is 694. The van der Waals surface area contributed by atoms with Crippen molar-refractivity contribution in [2.75, 3.05) is 20.6 Å². The predicted octanol–water partition coefficient (Wildman–Crippen LogP) is 14.5.